The van der Waals surface area contributed by atoms with Gasteiger partial charge in [-0.1, -0.05) is 30.3 Å². The maximum absolute atomic E-state index is 10.1. The lowest BCUT2D eigenvalue weighted by Crippen LogP contribution is -2.48. The largest absolute Gasteiger partial charge is 0.389 e. The third kappa shape index (κ3) is 3.78. The molecule has 19 heavy (non-hydrogen) atoms. The molecular weight excluding hydrogens is 238 g/mol. The fourth-order valence-corrected chi connectivity index (χ4v) is 2.81. The number of rotatable bonds is 4. The second-order valence-electron chi connectivity index (χ2n) is 5.75. The van der Waals surface area contributed by atoms with Gasteiger partial charge in [0.1, 0.15) is 0 Å². The minimum atomic E-state index is -0.615. The highest BCUT2D eigenvalue weighted by molar-refractivity contribution is 5.84. The average Bonchev–Trinajstić information content (AvgIpc) is 2.35. The summed E-state index contributed by atoms with van der Waals surface area (Å²) in [5.74, 6) is 0.103. The topological polar surface area (TPSA) is 73.3 Å². The zero-order chi connectivity index (χ0) is 13.9. The Morgan fingerprint density at radius 2 is 2.16 bits per heavy atom. The van der Waals surface area contributed by atoms with Crippen LogP contribution in [0.15, 0.2) is 30.3 Å². The zero-order valence-corrected chi connectivity index (χ0v) is 11.5. The molecule has 1 saturated heterocycles. The molecule has 0 bridgehead atoms. The van der Waals surface area contributed by atoms with Gasteiger partial charge in [-0.05, 0) is 31.9 Å². The highest BCUT2D eigenvalue weighted by Crippen LogP contribution is 2.24. The SMILES string of the molecule is CC1(O)CCCN(CC(C(=N)N)c2ccccc2)C1. The van der Waals surface area contributed by atoms with E-state index in [1.807, 2.05) is 37.3 Å². The van der Waals surface area contributed by atoms with Crippen molar-refractivity contribution < 1.29 is 5.11 Å². The van der Waals surface area contributed by atoms with Crippen molar-refractivity contribution in [3.05, 3.63) is 35.9 Å². The summed E-state index contributed by atoms with van der Waals surface area (Å²) in [6.07, 6.45) is 1.84. The first-order valence-electron chi connectivity index (χ1n) is 6.81. The Bertz CT molecular complexity index is 430. The number of piperidine rings is 1. The zero-order valence-electron chi connectivity index (χ0n) is 11.5. The van der Waals surface area contributed by atoms with Crippen molar-refractivity contribution in [2.45, 2.75) is 31.3 Å². The maximum atomic E-state index is 10.1. The number of aliphatic hydroxyl groups is 1. The van der Waals surface area contributed by atoms with E-state index in [2.05, 4.69) is 4.90 Å². The van der Waals surface area contributed by atoms with Crippen LogP contribution >= 0.6 is 0 Å². The van der Waals surface area contributed by atoms with E-state index in [-0.39, 0.29) is 11.8 Å². The molecule has 0 amide bonds. The Labute approximate surface area is 114 Å². The molecule has 0 radical (unpaired) electrons. The molecule has 1 fully saturated rings. The van der Waals surface area contributed by atoms with E-state index in [0.29, 0.717) is 13.1 Å². The van der Waals surface area contributed by atoms with Crippen LogP contribution in [0.3, 0.4) is 0 Å². The number of β-amino-alcohol motifs (C(OH)–C–C–N with tert-alkyl or cyclic N) is 1. The molecule has 4 heteroatoms. The van der Waals surface area contributed by atoms with E-state index < -0.39 is 5.60 Å². The molecule has 1 heterocycles. The molecule has 2 atom stereocenters. The highest BCUT2D eigenvalue weighted by Gasteiger charge is 2.30. The van der Waals surface area contributed by atoms with Gasteiger partial charge in [-0.2, -0.15) is 0 Å². The number of likely N-dealkylation sites (tertiary alicyclic amines) is 1. The maximum Gasteiger partial charge on any atom is 0.0995 e. The Kier molecular flexibility index (Phi) is 4.22. The van der Waals surface area contributed by atoms with Crippen molar-refractivity contribution in [1.82, 2.24) is 4.90 Å². The van der Waals surface area contributed by atoms with Crippen molar-refractivity contribution in [3.63, 3.8) is 0 Å². The van der Waals surface area contributed by atoms with Crippen molar-refractivity contribution in [1.29, 1.82) is 5.41 Å². The number of hydrogen-bond acceptors (Lipinski definition) is 3. The van der Waals surface area contributed by atoms with E-state index in [0.717, 1.165) is 24.9 Å². The van der Waals surface area contributed by atoms with Gasteiger partial charge in [0.2, 0.25) is 0 Å². The normalized spacial score (nSPS) is 26.0. The third-order valence-corrected chi connectivity index (χ3v) is 3.77. The van der Waals surface area contributed by atoms with Crippen LogP contribution in [0.1, 0.15) is 31.2 Å². The lowest BCUT2D eigenvalue weighted by atomic mass is 9.92. The molecular formula is C15H23N3O. The summed E-state index contributed by atoms with van der Waals surface area (Å²) in [7, 11) is 0. The van der Waals surface area contributed by atoms with Crippen molar-refractivity contribution in [2.24, 2.45) is 5.73 Å². The summed E-state index contributed by atoms with van der Waals surface area (Å²) < 4.78 is 0. The van der Waals surface area contributed by atoms with Crippen molar-refractivity contribution in [3.8, 4) is 0 Å². The molecule has 104 valence electrons. The second-order valence-corrected chi connectivity index (χ2v) is 5.75. The van der Waals surface area contributed by atoms with Crippen LogP contribution < -0.4 is 5.73 Å². The number of nitrogens with zero attached hydrogens (tertiary/aromatic N) is 1. The van der Waals surface area contributed by atoms with Gasteiger partial charge in [-0.25, -0.2) is 0 Å². The number of benzene rings is 1. The molecule has 0 saturated carbocycles. The van der Waals surface area contributed by atoms with Gasteiger partial charge in [0, 0.05) is 13.1 Å². The first-order chi connectivity index (χ1) is 8.98. The monoisotopic (exact) mass is 261 g/mol. The standard InChI is InChI=1S/C15H23N3O/c1-15(19)8-5-9-18(11-15)10-13(14(16)17)12-6-3-2-4-7-12/h2-4,6-7,13,19H,5,8-11H2,1H3,(H3,16,17). The van der Waals surface area contributed by atoms with Crippen LogP contribution in [-0.2, 0) is 0 Å². The summed E-state index contributed by atoms with van der Waals surface area (Å²) in [5.41, 5.74) is 6.20. The molecule has 1 aliphatic heterocycles. The first kappa shape index (κ1) is 14.0. The Morgan fingerprint density at radius 1 is 1.47 bits per heavy atom. The number of amidine groups is 1. The van der Waals surface area contributed by atoms with Crippen LogP contribution in [0.4, 0.5) is 0 Å². The van der Waals surface area contributed by atoms with Crippen molar-refractivity contribution >= 4 is 5.84 Å². The lowest BCUT2D eigenvalue weighted by Gasteiger charge is -2.38. The second kappa shape index (κ2) is 5.72. The predicted molar refractivity (Wildman–Crippen MR) is 77.4 cm³/mol. The molecule has 1 aromatic carbocycles. The van der Waals surface area contributed by atoms with E-state index in [1.165, 1.54) is 0 Å². The summed E-state index contributed by atoms with van der Waals surface area (Å²) >= 11 is 0. The molecule has 1 aliphatic rings. The van der Waals surface area contributed by atoms with Gasteiger partial charge in [-0.3, -0.25) is 10.3 Å². The third-order valence-electron chi connectivity index (χ3n) is 3.77. The Morgan fingerprint density at radius 3 is 2.74 bits per heavy atom. The molecule has 1 aromatic rings. The number of nitrogens with two attached hydrogens (primary N) is 1. The number of hydrogen-bond donors (Lipinski definition) is 3. The predicted octanol–water partition coefficient (Wildman–Crippen LogP) is 1.55. The fraction of sp³-hybridized carbons (Fsp3) is 0.533. The van der Waals surface area contributed by atoms with Gasteiger partial charge in [0.25, 0.3) is 0 Å². The molecule has 2 unspecified atom stereocenters. The fourth-order valence-electron chi connectivity index (χ4n) is 2.81. The van der Waals surface area contributed by atoms with Gasteiger partial charge < -0.3 is 10.8 Å². The lowest BCUT2D eigenvalue weighted by molar-refractivity contribution is -0.0157. The first-order valence-corrected chi connectivity index (χ1v) is 6.81. The molecule has 0 spiro atoms. The number of nitrogens with one attached hydrogen (secondary N) is 1. The van der Waals surface area contributed by atoms with Gasteiger partial charge >= 0.3 is 0 Å². The minimum absolute atomic E-state index is 0.0879. The summed E-state index contributed by atoms with van der Waals surface area (Å²) in [6.45, 7) is 4.20. The summed E-state index contributed by atoms with van der Waals surface area (Å²) in [4.78, 5) is 2.21. The highest BCUT2D eigenvalue weighted by atomic mass is 16.3. The minimum Gasteiger partial charge on any atom is -0.389 e. The van der Waals surface area contributed by atoms with Crippen LogP contribution in [0.2, 0.25) is 0 Å². The molecule has 4 nitrogen and oxygen atoms in total. The average molecular weight is 261 g/mol. The molecule has 0 aromatic heterocycles. The van der Waals surface area contributed by atoms with Gasteiger partial charge in [-0.15, -0.1) is 0 Å². The molecule has 0 aliphatic carbocycles. The van der Waals surface area contributed by atoms with Crippen LogP contribution in [0, 0.1) is 5.41 Å². The van der Waals surface area contributed by atoms with Gasteiger partial charge in [0.05, 0.1) is 17.4 Å². The van der Waals surface area contributed by atoms with Gasteiger partial charge in [0.15, 0.2) is 0 Å². The summed E-state index contributed by atoms with van der Waals surface area (Å²) in [5, 5.41) is 17.9. The smallest absolute Gasteiger partial charge is 0.0995 e. The van der Waals surface area contributed by atoms with E-state index >= 15 is 0 Å². The quantitative estimate of drug-likeness (QED) is 0.569. The van der Waals surface area contributed by atoms with E-state index in [4.69, 9.17) is 11.1 Å². The molecule has 4 N–H and O–H groups in total. The van der Waals surface area contributed by atoms with Crippen LogP contribution in [0.25, 0.3) is 0 Å². The van der Waals surface area contributed by atoms with Crippen LogP contribution in [0.5, 0.6) is 0 Å². The van der Waals surface area contributed by atoms with Crippen molar-refractivity contribution in [2.75, 3.05) is 19.6 Å². The van der Waals surface area contributed by atoms with E-state index in [1.54, 1.807) is 0 Å². The summed E-state index contributed by atoms with van der Waals surface area (Å²) in [6, 6.07) is 9.92. The Hall–Kier alpha value is -1.39. The Balaban J connectivity index is 2.08. The molecule has 2 rings (SSSR count). The van der Waals surface area contributed by atoms with Crippen LogP contribution in [-0.4, -0.2) is 41.1 Å². The van der Waals surface area contributed by atoms with E-state index in [9.17, 15) is 5.11 Å².